The fourth-order valence-electron chi connectivity index (χ4n) is 1.64. The first-order chi connectivity index (χ1) is 8.26. The molecule has 2 aromatic rings. The van der Waals surface area contributed by atoms with Crippen molar-refractivity contribution in [2.45, 2.75) is 26.4 Å². The predicted octanol–water partition coefficient (Wildman–Crippen LogP) is 0.688. The van der Waals surface area contributed by atoms with Gasteiger partial charge in [0, 0.05) is 19.7 Å². The maximum Gasteiger partial charge on any atom is 0.183 e. The molecule has 92 valence electrons. The van der Waals surface area contributed by atoms with E-state index >= 15 is 0 Å². The Kier molecular flexibility index (Phi) is 3.48. The third kappa shape index (κ3) is 2.33. The smallest absolute Gasteiger partial charge is 0.183 e. The van der Waals surface area contributed by atoms with E-state index in [0.717, 1.165) is 12.2 Å². The molecule has 0 radical (unpaired) electrons. The van der Waals surface area contributed by atoms with Crippen molar-refractivity contribution in [2.75, 3.05) is 19.0 Å². The summed E-state index contributed by atoms with van der Waals surface area (Å²) in [6, 6.07) is 0.157. The third-order valence-electron chi connectivity index (χ3n) is 2.40. The van der Waals surface area contributed by atoms with E-state index in [1.54, 1.807) is 11.8 Å². The van der Waals surface area contributed by atoms with Crippen molar-refractivity contribution in [1.82, 2.24) is 25.0 Å². The summed E-state index contributed by atoms with van der Waals surface area (Å²) in [6.45, 7) is 5.35. The number of nitrogens with one attached hydrogen (secondary N) is 1. The van der Waals surface area contributed by atoms with Gasteiger partial charge in [-0.25, -0.2) is 14.6 Å². The Morgan fingerprint density at radius 1 is 1.47 bits per heavy atom. The number of aromatic nitrogens is 5. The van der Waals surface area contributed by atoms with Gasteiger partial charge in [0.2, 0.25) is 0 Å². The van der Waals surface area contributed by atoms with Crippen LogP contribution in [0.1, 0.15) is 13.8 Å². The van der Waals surface area contributed by atoms with Crippen LogP contribution in [0.4, 0.5) is 5.82 Å². The molecule has 2 heterocycles. The molecule has 0 saturated carbocycles. The molecular weight excluding hydrogens is 220 g/mol. The summed E-state index contributed by atoms with van der Waals surface area (Å²) in [7, 11) is 1.67. The zero-order chi connectivity index (χ0) is 12.3. The van der Waals surface area contributed by atoms with Crippen LogP contribution in [0.25, 0.3) is 11.2 Å². The molecule has 7 heteroatoms. The van der Waals surface area contributed by atoms with Crippen molar-refractivity contribution in [1.29, 1.82) is 0 Å². The van der Waals surface area contributed by atoms with Crippen LogP contribution in [-0.4, -0.2) is 44.7 Å². The van der Waals surface area contributed by atoms with Gasteiger partial charge in [-0.15, -0.1) is 5.10 Å². The van der Waals surface area contributed by atoms with E-state index in [4.69, 9.17) is 4.74 Å². The maximum atomic E-state index is 5.07. The molecule has 0 aliphatic rings. The van der Waals surface area contributed by atoms with Crippen LogP contribution in [0.3, 0.4) is 0 Å². The van der Waals surface area contributed by atoms with Gasteiger partial charge in [0.25, 0.3) is 0 Å². The van der Waals surface area contributed by atoms with Crippen LogP contribution in [0.2, 0.25) is 0 Å². The largest absolute Gasteiger partial charge is 0.383 e. The first-order valence-corrected chi connectivity index (χ1v) is 5.56. The van der Waals surface area contributed by atoms with Crippen LogP contribution in [-0.2, 0) is 11.3 Å². The lowest BCUT2D eigenvalue weighted by molar-refractivity contribution is 0.190. The molecule has 7 nitrogen and oxygen atoms in total. The molecule has 0 aliphatic carbocycles. The number of aryl methyl sites for hydroxylation is 1. The van der Waals surface area contributed by atoms with Gasteiger partial charge >= 0.3 is 0 Å². The summed E-state index contributed by atoms with van der Waals surface area (Å²) in [5.41, 5.74) is 1.44. The molecule has 1 atom stereocenters. The minimum absolute atomic E-state index is 0.157. The number of hydrogen-bond donors (Lipinski definition) is 1. The first-order valence-electron chi connectivity index (χ1n) is 5.56. The summed E-state index contributed by atoms with van der Waals surface area (Å²) < 4.78 is 6.81. The van der Waals surface area contributed by atoms with Crippen LogP contribution in [0.5, 0.6) is 0 Å². The van der Waals surface area contributed by atoms with Gasteiger partial charge in [0.1, 0.15) is 6.33 Å². The van der Waals surface area contributed by atoms with Crippen molar-refractivity contribution in [3.05, 3.63) is 6.33 Å². The van der Waals surface area contributed by atoms with Gasteiger partial charge in [-0.1, -0.05) is 5.21 Å². The molecule has 0 spiro atoms. The average Bonchev–Trinajstić information content (AvgIpc) is 2.73. The molecule has 0 aromatic carbocycles. The molecule has 0 aliphatic heterocycles. The normalized spacial score (nSPS) is 12.9. The molecule has 0 amide bonds. The number of methoxy groups -OCH3 is 1. The molecule has 17 heavy (non-hydrogen) atoms. The Bertz CT molecular complexity index is 497. The Labute approximate surface area is 99.2 Å². The van der Waals surface area contributed by atoms with Gasteiger partial charge in [0.15, 0.2) is 17.0 Å². The van der Waals surface area contributed by atoms with Crippen LogP contribution in [0, 0.1) is 0 Å². The lowest BCUT2D eigenvalue weighted by Crippen LogP contribution is -2.21. The highest BCUT2D eigenvalue weighted by atomic mass is 16.5. The maximum absolute atomic E-state index is 5.07. The van der Waals surface area contributed by atoms with Gasteiger partial charge in [0.05, 0.1) is 6.61 Å². The molecule has 0 unspecified atom stereocenters. The van der Waals surface area contributed by atoms with Crippen molar-refractivity contribution < 1.29 is 4.74 Å². The van der Waals surface area contributed by atoms with E-state index in [1.165, 1.54) is 6.33 Å². The van der Waals surface area contributed by atoms with E-state index in [9.17, 15) is 0 Å². The zero-order valence-electron chi connectivity index (χ0n) is 10.2. The second kappa shape index (κ2) is 5.05. The molecule has 0 saturated heterocycles. The van der Waals surface area contributed by atoms with E-state index in [1.807, 2.05) is 13.8 Å². The summed E-state index contributed by atoms with van der Waals surface area (Å²) in [6.07, 6.45) is 1.51. The molecule has 2 rings (SSSR count). The first kappa shape index (κ1) is 11.7. The molecular formula is C10H16N6O. The fraction of sp³-hybridized carbons (Fsp3) is 0.600. The Morgan fingerprint density at radius 3 is 3.00 bits per heavy atom. The number of anilines is 1. The van der Waals surface area contributed by atoms with Crippen molar-refractivity contribution >= 4 is 17.0 Å². The highest BCUT2D eigenvalue weighted by Crippen LogP contribution is 2.16. The van der Waals surface area contributed by atoms with E-state index < -0.39 is 0 Å². The van der Waals surface area contributed by atoms with Crippen molar-refractivity contribution in [3.63, 3.8) is 0 Å². The minimum Gasteiger partial charge on any atom is -0.383 e. The summed E-state index contributed by atoms with van der Waals surface area (Å²) >= 11 is 0. The highest BCUT2D eigenvalue weighted by molar-refractivity contribution is 5.81. The zero-order valence-corrected chi connectivity index (χ0v) is 10.2. The van der Waals surface area contributed by atoms with Crippen molar-refractivity contribution in [3.8, 4) is 0 Å². The number of fused-ring (bicyclic) bond motifs is 1. The Morgan fingerprint density at radius 2 is 2.29 bits per heavy atom. The summed E-state index contributed by atoms with van der Waals surface area (Å²) in [5.74, 6) is 0.694. The molecule has 0 fully saturated rings. The van der Waals surface area contributed by atoms with Crippen LogP contribution < -0.4 is 5.32 Å². The van der Waals surface area contributed by atoms with Crippen LogP contribution in [0.15, 0.2) is 6.33 Å². The van der Waals surface area contributed by atoms with E-state index in [-0.39, 0.29) is 6.04 Å². The SMILES string of the molecule is CCn1nnc2c(N[C@H](C)COC)ncnc21. The highest BCUT2D eigenvalue weighted by Gasteiger charge is 2.12. The lowest BCUT2D eigenvalue weighted by atomic mass is 10.3. The fourth-order valence-corrected chi connectivity index (χ4v) is 1.64. The van der Waals surface area contributed by atoms with Crippen LogP contribution >= 0.6 is 0 Å². The molecule has 0 bridgehead atoms. The van der Waals surface area contributed by atoms with Gasteiger partial charge < -0.3 is 10.1 Å². The molecule has 1 N–H and O–H groups in total. The third-order valence-corrected chi connectivity index (χ3v) is 2.40. The second-order valence-electron chi connectivity index (χ2n) is 3.80. The van der Waals surface area contributed by atoms with Gasteiger partial charge in [-0.05, 0) is 13.8 Å². The van der Waals surface area contributed by atoms with Crippen molar-refractivity contribution in [2.24, 2.45) is 0 Å². The number of hydrogen-bond acceptors (Lipinski definition) is 6. The van der Waals surface area contributed by atoms with E-state index in [0.29, 0.717) is 17.9 Å². The van der Waals surface area contributed by atoms with Gasteiger partial charge in [-0.2, -0.15) is 0 Å². The Balaban J connectivity index is 2.31. The number of rotatable bonds is 5. The monoisotopic (exact) mass is 236 g/mol. The number of ether oxygens (including phenoxy) is 1. The van der Waals surface area contributed by atoms with E-state index in [2.05, 4.69) is 25.6 Å². The minimum atomic E-state index is 0.157. The quantitative estimate of drug-likeness (QED) is 0.822. The average molecular weight is 236 g/mol. The Hall–Kier alpha value is -1.76. The summed E-state index contributed by atoms with van der Waals surface area (Å²) in [5, 5.41) is 11.3. The van der Waals surface area contributed by atoms with Gasteiger partial charge in [-0.3, -0.25) is 0 Å². The lowest BCUT2D eigenvalue weighted by Gasteiger charge is -2.12. The number of nitrogens with zero attached hydrogens (tertiary/aromatic N) is 5. The molecule has 2 aromatic heterocycles. The summed E-state index contributed by atoms with van der Waals surface area (Å²) in [4.78, 5) is 8.36. The second-order valence-corrected chi connectivity index (χ2v) is 3.80. The standard InChI is InChI=1S/C10H16N6O/c1-4-16-10-8(14-15-16)9(11-6-12-10)13-7(2)5-17-3/h6-7H,4-5H2,1-3H3,(H,11,12,13)/t7-/m1/s1. The predicted molar refractivity (Wildman–Crippen MR) is 63.8 cm³/mol. The topological polar surface area (TPSA) is 77.8 Å².